The van der Waals surface area contributed by atoms with Crippen LogP contribution in [0.1, 0.15) is 16.1 Å². The molecule has 1 aromatic heterocycles. The molecule has 1 amide bonds. The third-order valence-electron chi connectivity index (χ3n) is 3.75. The number of nitrogens with one attached hydrogen (secondary N) is 1. The third-order valence-corrected chi connectivity index (χ3v) is 4.59. The fraction of sp³-hybridized carbons (Fsp3) is 0.150. The van der Waals surface area contributed by atoms with Crippen molar-refractivity contribution < 1.29 is 14.3 Å². The van der Waals surface area contributed by atoms with Crippen molar-refractivity contribution in [1.82, 2.24) is 10.2 Å². The van der Waals surface area contributed by atoms with Crippen molar-refractivity contribution in [1.29, 1.82) is 0 Å². The average molecular weight is 381 g/mol. The highest BCUT2D eigenvalue weighted by atomic mass is 32.1. The smallest absolute Gasteiger partial charge is 0.250 e. The first-order valence-corrected chi connectivity index (χ1v) is 9.06. The maximum Gasteiger partial charge on any atom is 0.250 e. The number of ether oxygens (including phenoxy) is 2. The molecule has 27 heavy (non-hydrogen) atoms. The predicted octanol–water partition coefficient (Wildman–Crippen LogP) is 3.80. The van der Waals surface area contributed by atoms with E-state index in [1.807, 2.05) is 48.5 Å². The molecule has 7 heteroatoms. The Morgan fingerprint density at radius 3 is 2.26 bits per heavy atom. The molecule has 0 fully saturated rings. The quantitative estimate of drug-likeness (QED) is 0.630. The van der Waals surface area contributed by atoms with E-state index in [0.717, 1.165) is 27.6 Å². The van der Waals surface area contributed by atoms with E-state index in [1.165, 1.54) is 17.4 Å². The molecule has 0 radical (unpaired) electrons. The second-order valence-electron chi connectivity index (χ2n) is 5.62. The van der Waals surface area contributed by atoms with Crippen LogP contribution >= 0.6 is 11.3 Å². The fourth-order valence-electron chi connectivity index (χ4n) is 2.33. The van der Waals surface area contributed by atoms with Gasteiger partial charge in [-0.1, -0.05) is 35.6 Å². The molecule has 1 heterocycles. The number of hydrogen-bond acceptors (Lipinski definition) is 6. The number of amides is 1. The largest absolute Gasteiger partial charge is 0.497 e. The number of methoxy groups -OCH3 is 2. The van der Waals surface area contributed by atoms with Gasteiger partial charge in [0.25, 0.3) is 0 Å². The molecular formula is C20H19N3O3S. The Morgan fingerprint density at radius 2 is 1.63 bits per heavy atom. The van der Waals surface area contributed by atoms with Gasteiger partial charge in [0.1, 0.15) is 16.5 Å². The van der Waals surface area contributed by atoms with Crippen LogP contribution in [-0.4, -0.2) is 30.3 Å². The van der Waals surface area contributed by atoms with Gasteiger partial charge < -0.3 is 9.47 Å². The number of anilines is 1. The molecule has 0 aliphatic rings. The molecule has 0 aliphatic carbocycles. The Hall–Kier alpha value is -3.19. The number of rotatable bonds is 7. The van der Waals surface area contributed by atoms with E-state index in [0.29, 0.717) is 11.6 Å². The minimum Gasteiger partial charge on any atom is -0.497 e. The van der Waals surface area contributed by atoms with E-state index in [1.54, 1.807) is 20.3 Å². The number of hydrogen-bond donors (Lipinski definition) is 1. The maximum absolute atomic E-state index is 12.0. The third kappa shape index (κ3) is 5.39. The molecule has 0 bridgehead atoms. The normalized spacial score (nSPS) is 10.7. The number of carbonyl (C=O) groups excluding carboxylic acids is 1. The Kier molecular flexibility index (Phi) is 6.17. The monoisotopic (exact) mass is 381 g/mol. The molecule has 3 rings (SSSR count). The summed E-state index contributed by atoms with van der Waals surface area (Å²) >= 11 is 1.36. The van der Waals surface area contributed by atoms with Crippen LogP contribution in [0, 0.1) is 0 Å². The lowest BCUT2D eigenvalue weighted by Crippen LogP contribution is -2.07. The summed E-state index contributed by atoms with van der Waals surface area (Å²) in [6.45, 7) is 0. The highest BCUT2D eigenvalue weighted by Gasteiger charge is 2.07. The first-order chi connectivity index (χ1) is 13.2. The molecular weight excluding hydrogens is 362 g/mol. The van der Waals surface area contributed by atoms with Crippen LogP contribution in [0.25, 0.3) is 6.08 Å². The molecule has 0 saturated heterocycles. The van der Waals surface area contributed by atoms with Crippen molar-refractivity contribution in [2.75, 3.05) is 19.5 Å². The van der Waals surface area contributed by atoms with E-state index in [9.17, 15) is 4.79 Å². The summed E-state index contributed by atoms with van der Waals surface area (Å²) in [6.07, 6.45) is 3.85. The molecule has 0 unspecified atom stereocenters. The SMILES string of the molecule is COc1ccc(C=CC(=O)Nc2nnc(Cc3ccc(OC)cc3)s2)cc1. The molecule has 0 aliphatic heterocycles. The van der Waals surface area contributed by atoms with Gasteiger partial charge >= 0.3 is 0 Å². The van der Waals surface area contributed by atoms with E-state index in [-0.39, 0.29) is 5.91 Å². The van der Waals surface area contributed by atoms with Gasteiger partial charge in [-0.2, -0.15) is 0 Å². The molecule has 0 spiro atoms. The van der Waals surface area contributed by atoms with Gasteiger partial charge in [0.15, 0.2) is 0 Å². The highest BCUT2D eigenvalue weighted by molar-refractivity contribution is 7.15. The molecule has 6 nitrogen and oxygen atoms in total. The van der Waals surface area contributed by atoms with Gasteiger partial charge in [-0.25, -0.2) is 0 Å². The van der Waals surface area contributed by atoms with Crippen LogP contribution in [0.3, 0.4) is 0 Å². The van der Waals surface area contributed by atoms with E-state index in [4.69, 9.17) is 9.47 Å². The van der Waals surface area contributed by atoms with Crippen LogP contribution < -0.4 is 14.8 Å². The molecule has 1 N–H and O–H groups in total. The summed E-state index contributed by atoms with van der Waals surface area (Å²) in [5.41, 5.74) is 2.01. The summed E-state index contributed by atoms with van der Waals surface area (Å²) in [5.74, 6) is 1.33. The van der Waals surface area contributed by atoms with Crippen LogP contribution in [-0.2, 0) is 11.2 Å². The Labute approximate surface area is 161 Å². The summed E-state index contributed by atoms with van der Waals surface area (Å²) < 4.78 is 10.3. The summed E-state index contributed by atoms with van der Waals surface area (Å²) in [4.78, 5) is 12.0. The van der Waals surface area contributed by atoms with Gasteiger partial charge in [0.2, 0.25) is 11.0 Å². The lowest BCUT2D eigenvalue weighted by molar-refractivity contribution is -0.111. The minimum atomic E-state index is -0.252. The molecule has 0 atom stereocenters. The van der Waals surface area contributed by atoms with Crippen LogP contribution in [0.4, 0.5) is 5.13 Å². The van der Waals surface area contributed by atoms with Gasteiger partial charge in [-0.15, -0.1) is 10.2 Å². The van der Waals surface area contributed by atoms with Crippen LogP contribution in [0.5, 0.6) is 11.5 Å². The van der Waals surface area contributed by atoms with Gasteiger partial charge in [0, 0.05) is 12.5 Å². The second-order valence-corrected chi connectivity index (χ2v) is 6.68. The number of nitrogens with zero attached hydrogens (tertiary/aromatic N) is 2. The van der Waals surface area contributed by atoms with E-state index >= 15 is 0 Å². The Balaban J connectivity index is 1.55. The van der Waals surface area contributed by atoms with Crippen molar-refractivity contribution in [3.63, 3.8) is 0 Å². The summed E-state index contributed by atoms with van der Waals surface area (Å²) in [6, 6.07) is 15.2. The number of aromatic nitrogens is 2. The lowest BCUT2D eigenvalue weighted by atomic mass is 10.1. The van der Waals surface area contributed by atoms with E-state index < -0.39 is 0 Å². The van der Waals surface area contributed by atoms with Gasteiger partial charge in [-0.05, 0) is 41.5 Å². The fourth-order valence-corrected chi connectivity index (χ4v) is 3.10. The van der Waals surface area contributed by atoms with Crippen molar-refractivity contribution in [3.8, 4) is 11.5 Å². The lowest BCUT2D eigenvalue weighted by Gasteiger charge is -2.01. The zero-order valence-electron chi connectivity index (χ0n) is 15.0. The summed E-state index contributed by atoms with van der Waals surface area (Å²) in [7, 11) is 3.25. The molecule has 0 saturated carbocycles. The topological polar surface area (TPSA) is 73.3 Å². The summed E-state index contributed by atoms with van der Waals surface area (Å²) in [5, 5.41) is 12.2. The number of benzene rings is 2. The Bertz CT molecular complexity index is 918. The zero-order valence-corrected chi connectivity index (χ0v) is 15.8. The van der Waals surface area contributed by atoms with Crippen molar-refractivity contribution in [3.05, 3.63) is 70.7 Å². The molecule has 3 aromatic rings. The zero-order chi connectivity index (χ0) is 19.1. The van der Waals surface area contributed by atoms with Crippen molar-refractivity contribution in [2.45, 2.75) is 6.42 Å². The highest BCUT2D eigenvalue weighted by Crippen LogP contribution is 2.20. The maximum atomic E-state index is 12.0. The van der Waals surface area contributed by atoms with Gasteiger partial charge in [-0.3, -0.25) is 10.1 Å². The average Bonchev–Trinajstić information content (AvgIpc) is 3.14. The van der Waals surface area contributed by atoms with Crippen LogP contribution in [0.15, 0.2) is 54.6 Å². The van der Waals surface area contributed by atoms with E-state index in [2.05, 4.69) is 15.5 Å². The molecule has 138 valence electrons. The Morgan fingerprint density at radius 1 is 1.00 bits per heavy atom. The standard InChI is InChI=1S/C20H19N3O3S/c1-25-16-8-3-14(4-9-16)7-12-18(24)21-20-23-22-19(27-20)13-15-5-10-17(26-2)11-6-15/h3-12H,13H2,1-2H3,(H,21,23,24). The van der Waals surface area contributed by atoms with Gasteiger partial charge in [0.05, 0.1) is 14.2 Å². The number of carbonyl (C=O) groups is 1. The first-order valence-electron chi connectivity index (χ1n) is 8.24. The second kappa shape index (κ2) is 8.95. The van der Waals surface area contributed by atoms with Crippen molar-refractivity contribution >= 4 is 28.5 Å². The first kappa shape index (κ1) is 18.6. The van der Waals surface area contributed by atoms with Crippen molar-refractivity contribution in [2.24, 2.45) is 0 Å². The minimum absolute atomic E-state index is 0.252. The predicted molar refractivity (Wildman–Crippen MR) is 106 cm³/mol. The molecule has 2 aromatic carbocycles. The van der Waals surface area contributed by atoms with Crippen LogP contribution in [0.2, 0.25) is 0 Å².